The Hall–Kier alpha value is -1.77. The standard InChI is InChI=1S/C15H20O3/c1-15(2,3)12-10-11(8-9-13(12)16)6-5-7-14(17)18-4/h5-6,8-10,16H,7H2,1-4H3. The van der Waals surface area contributed by atoms with Gasteiger partial charge < -0.3 is 9.84 Å². The number of benzene rings is 1. The van der Waals surface area contributed by atoms with E-state index < -0.39 is 0 Å². The van der Waals surface area contributed by atoms with Gasteiger partial charge in [0.1, 0.15) is 5.75 Å². The van der Waals surface area contributed by atoms with Gasteiger partial charge in [-0.25, -0.2) is 0 Å². The zero-order chi connectivity index (χ0) is 13.8. The van der Waals surface area contributed by atoms with E-state index in [9.17, 15) is 9.90 Å². The smallest absolute Gasteiger partial charge is 0.309 e. The summed E-state index contributed by atoms with van der Waals surface area (Å²) in [5.41, 5.74) is 1.74. The molecule has 0 amide bonds. The van der Waals surface area contributed by atoms with Crippen LogP contribution in [0.25, 0.3) is 6.08 Å². The van der Waals surface area contributed by atoms with Crippen molar-refractivity contribution in [2.24, 2.45) is 0 Å². The molecule has 0 aliphatic heterocycles. The number of rotatable bonds is 3. The molecule has 0 saturated carbocycles. The zero-order valence-corrected chi connectivity index (χ0v) is 11.4. The average Bonchev–Trinajstić information content (AvgIpc) is 2.29. The Kier molecular flexibility index (Phi) is 4.54. The lowest BCUT2D eigenvalue weighted by atomic mass is 9.85. The molecule has 0 radical (unpaired) electrons. The lowest BCUT2D eigenvalue weighted by Crippen LogP contribution is -2.11. The third-order valence-corrected chi connectivity index (χ3v) is 2.65. The van der Waals surface area contributed by atoms with Crippen molar-refractivity contribution in [3.05, 3.63) is 35.4 Å². The van der Waals surface area contributed by atoms with Crippen molar-refractivity contribution in [3.63, 3.8) is 0 Å². The first-order valence-electron chi connectivity index (χ1n) is 5.91. The van der Waals surface area contributed by atoms with E-state index in [1.54, 1.807) is 12.1 Å². The first-order chi connectivity index (χ1) is 8.34. The van der Waals surface area contributed by atoms with Gasteiger partial charge in [-0.05, 0) is 28.7 Å². The Labute approximate surface area is 108 Å². The summed E-state index contributed by atoms with van der Waals surface area (Å²) in [6, 6.07) is 5.43. The van der Waals surface area contributed by atoms with Gasteiger partial charge in [0.05, 0.1) is 13.5 Å². The third kappa shape index (κ3) is 3.91. The van der Waals surface area contributed by atoms with E-state index in [-0.39, 0.29) is 17.8 Å². The predicted molar refractivity (Wildman–Crippen MR) is 72.5 cm³/mol. The zero-order valence-electron chi connectivity index (χ0n) is 11.4. The molecule has 0 aliphatic rings. The van der Waals surface area contributed by atoms with Crippen molar-refractivity contribution in [3.8, 4) is 5.75 Å². The average molecular weight is 248 g/mol. The highest BCUT2D eigenvalue weighted by Gasteiger charge is 2.17. The number of carbonyl (C=O) groups excluding carboxylic acids is 1. The van der Waals surface area contributed by atoms with Crippen LogP contribution >= 0.6 is 0 Å². The van der Waals surface area contributed by atoms with E-state index in [2.05, 4.69) is 4.74 Å². The number of esters is 1. The van der Waals surface area contributed by atoms with Crippen LogP contribution in [-0.2, 0) is 14.9 Å². The van der Waals surface area contributed by atoms with E-state index in [0.29, 0.717) is 5.75 Å². The molecule has 18 heavy (non-hydrogen) atoms. The van der Waals surface area contributed by atoms with Crippen LogP contribution in [-0.4, -0.2) is 18.2 Å². The summed E-state index contributed by atoms with van der Waals surface area (Å²) in [5, 5.41) is 9.82. The van der Waals surface area contributed by atoms with Gasteiger partial charge in [0.25, 0.3) is 0 Å². The molecular weight excluding hydrogens is 228 g/mol. The second-order valence-corrected chi connectivity index (χ2v) is 5.21. The maximum atomic E-state index is 11.0. The second-order valence-electron chi connectivity index (χ2n) is 5.21. The van der Waals surface area contributed by atoms with E-state index in [4.69, 9.17) is 0 Å². The Morgan fingerprint density at radius 2 is 2.06 bits per heavy atom. The fourth-order valence-corrected chi connectivity index (χ4v) is 1.63. The molecule has 3 nitrogen and oxygen atoms in total. The van der Waals surface area contributed by atoms with Crippen LogP contribution in [0.2, 0.25) is 0 Å². The molecule has 0 spiro atoms. The molecule has 1 N–H and O–H groups in total. The van der Waals surface area contributed by atoms with Crippen LogP contribution in [0.15, 0.2) is 24.3 Å². The number of aromatic hydroxyl groups is 1. The summed E-state index contributed by atoms with van der Waals surface area (Å²) in [6.45, 7) is 6.14. The third-order valence-electron chi connectivity index (χ3n) is 2.65. The fourth-order valence-electron chi connectivity index (χ4n) is 1.63. The lowest BCUT2D eigenvalue weighted by molar-refractivity contribution is -0.139. The van der Waals surface area contributed by atoms with E-state index in [1.807, 2.05) is 39.0 Å². The fraction of sp³-hybridized carbons (Fsp3) is 0.400. The van der Waals surface area contributed by atoms with Crippen molar-refractivity contribution in [1.82, 2.24) is 0 Å². The molecule has 98 valence electrons. The van der Waals surface area contributed by atoms with Crippen LogP contribution in [0, 0.1) is 0 Å². The summed E-state index contributed by atoms with van der Waals surface area (Å²) in [6.07, 6.45) is 3.86. The number of hydrogen-bond donors (Lipinski definition) is 1. The minimum atomic E-state index is -0.263. The van der Waals surface area contributed by atoms with Gasteiger partial charge in [-0.3, -0.25) is 4.79 Å². The van der Waals surface area contributed by atoms with E-state index in [0.717, 1.165) is 11.1 Å². The van der Waals surface area contributed by atoms with Gasteiger partial charge in [0.15, 0.2) is 0 Å². The number of methoxy groups -OCH3 is 1. The number of ether oxygens (including phenoxy) is 1. The first kappa shape index (κ1) is 14.3. The molecule has 1 rings (SSSR count). The van der Waals surface area contributed by atoms with Crippen LogP contribution in [0.4, 0.5) is 0 Å². The molecular formula is C15H20O3. The summed E-state index contributed by atoms with van der Waals surface area (Å²) < 4.78 is 4.56. The number of phenols is 1. The normalized spacial score (nSPS) is 11.8. The van der Waals surface area contributed by atoms with Crippen molar-refractivity contribution < 1.29 is 14.6 Å². The molecule has 0 aliphatic carbocycles. The summed E-state index contributed by atoms with van der Waals surface area (Å²) >= 11 is 0. The van der Waals surface area contributed by atoms with Crippen molar-refractivity contribution in [2.75, 3.05) is 7.11 Å². The van der Waals surface area contributed by atoms with Crippen LogP contribution in [0.5, 0.6) is 5.75 Å². The maximum absolute atomic E-state index is 11.0. The van der Waals surface area contributed by atoms with Crippen LogP contribution in [0.3, 0.4) is 0 Å². The quantitative estimate of drug-likeness (QED) is 0.835. The van der Waals surface area contributed by atoms with Crippen molar-refractivity contribution >= 4 is 12.0 Å². The monoisotopic (exact) mass is 248 g/mol. The molecule has 0 saturated heterocycles. The second kappa shape index (κ2) is 5.71. The Morgan fingerprint density at radius 1 is 1.39 bits per heavy atom. The molecule has 3 heteroatoms. The van der Waals surface area contributed by atoms with Crippen molar-refractivity contribution in [2.45, 2.75) is 32.6 Å². The van der Waals surface area contributed by atoms with Gasteiger partial charge in [0, 0.05) is 0 Å². The molecule has 0 aromatic heterocycles. The van der Waals surface area contributed by atoms with E-state index >= 15 is 0 Å². The van der Waals surface area contributed by atoms with Gasteiger partial charge in [-0.2, -0.15) is 0 Å². The van der Waals surface area contributed by atoms with Crippen LogP contribution in [0.1, 0.15) is 38.3 Å². The number of carbonyl (C=O) groups is 1. The minimum absolute atomic E-state index is 0.115. The molecule has 0 heterocycles. The summed E-state index contributed by atoms with van der Waals surface area (Å²) in [7, 11) is 1.37. The molecule has 0 unspecified atom stereocenters. The van der Waals surface area contributed by atoms with Gasteiger partial charge in [0.2, 0.25) is 0 Å². The topological polar surface area (TPSA) is 46.5 Å². The number of hydrogen-bond acceptors (Lipinski definition) is 3. The number of phenolic OH excluding ortho intramolecular Hbond substituents is 1. The molecule has 1 aromatic rings. The molecule has 0 bridgehead atoms. The van der Waals surface area contributed by atoms with E-state index in [1.165, 1.54) is 7.11 Å². The maximum Gasteiger partial charge on any atom is 0.309 e. The predicted octanol–water partition coefficient (Wildman–Crippen LogP) is 3.27. The summed E-state index contributed by atoms with van der Waals surface area (Å²) in [4.78, 5) is 11.0. The first-order valence-corrected chi connectivity index (χ1v) is 5.91. The highest BCUT2D eigenvalue weighted by Crippen LogP contribution is 2.31. The van der Waals surface area contributed by atoms with Crippen molar-refractivity contribution in [1.29, 1.82) is 0 Å². The van der Waals surface area contributed by atoms with Gasteiger partial charge in [-0.1, -0.05) is 39.0 Å². The Bertz CT molecular complexity index is 453. The van der Waals surface area contributed by atoms with Crippen LogP contribution < -0.4 is 0 Å². The van der Waals surface area contributed by atoms with Gasteiger partial charge >= 0.3 is 5.97 Å². The molecule has 1 aromatic carbocycles. The minimum Gasteiger partial charge on any atom is -0.508 e. The summed E-state index contributed by atoms with van der Waals surface area (Å²) in [5.74, 6) is 0.0358. The highest BCUT2D eigenvalue weighted by atomic mass is 16.5. The Morgan fingerprint density at radius 3 is 2.61 bits per heavy atom. The molecule has 0 fully saturated rings. The lowest BCUT2D eigenvalue weighted by Gasteiger charge is -2.20. The SMILES string of the molecule is COC(=O)CC=Cc1ccc(O)c(C(C)(C)C)c1. The van der Waals surface area contributed by atoms with Gasteiger partial charge in [-0.15, -0.1) is 0 Å². The molecule has 0 atom stereocenters. The Balaban J connectivity index is 2.89. The largest absolute Gasteiger partial charge is 0.508 e. The highest BCUT2D eigenvalue weighted by molar-refractivity contribution is 5.72.